The van der Waals surface area contributed by atoms with Crippen LogP contribution in [0.5, 0.6) is 46.0 Å². The van der Waals surface area contributed by atoms with Crippen LogP contribution in [0.25, 0.3) is 0 Å². The molecule has 0 aliphatic carbocycles. The maximum atomic E-state index is 11.1. The van der Waals surface area contributed by atoms with E-state index in [2.05, 4.69) is 13.8 Å². The molecule has 2 aliphatic rings. The molecule has 52 heavy (non-hydrogen) atoms. The standard InChI is InChI=1S/C41H48O11/c1-22-23(2)41(29-12-16-33(36(20-29)47-8)51-25(4)39(43)27-10-14-31-37(18-27)49-21-48-31)52-40(22)28-11-15-32(35(19-28)46-7)50-24(3)38(42)26-9-13-30(44-5)34(17-26)45-6/h9-20,22-25,38-43H,21H2,1-8H3/t22-,23-,24+,25+,38+,39+,40-,41+/m1/s1. The Morgan fingerprint density at radius 3 is 1.50 bits per heavy atom. The third kappa shape index (κ3) is 7.39. The largest absolute Gasteiger partial charge is 0.493 e. The lowest BCUT2D eigenvalue weighted by atomic mass is 9.85. The van der Waals surface area contributed by atoms with Gasteiger partial charge in [0, 0.05) is 0 Å². The van der Waals surface area contributed by atoms with Crippen LogP contribution < -0.4 is 37.9 Å². The first-order valence-electron chi connectivity index (χ1n) is 17.4. The molecule has 0 spiro atoms. The van der Waals surface area contributed by atoms with Crippen molar-refractivity contribution in [2.45, 2.75) is 64.3 Å². The molecule has 4 aromatic carbocycles. The zero-order chi connectivity index (χ0) is 37.1. The number of fused-ring (bicyclic) bond motifs is 1. The highest BCUT2D eigenvalue weighted by Crippen LogP contribution is 2.51. The Morgan fingerprint density at radius 2 is 0.981 bits per heavy atom. The number of benzene rings is 4. The molecule has 1 saturated heterocycles. The third-order valence-corrected chi connectivity index (χ3v) is 10.1. The zero-order valence-electron chi connectivity index (χ0n) is 30.8. The fraction of sp³-hybridized carbons (Fsp3) is 0.415. The predicted molar refractivity (Wildman–Crippen MR) is 193 cm³/mol. The van der Waals surface area contributed by atoms with Crippen LogP contribution >= 0.6 is 0 Å². The molecule has 0 aromatic heterocycles. The molecule has 8 atom stereocenters. The summed E-state index contributed by atoms with van der Waals surface area (Å²) in [5.41, 5.74) is 3.22. The maximum Gasteiger partial charge on any atom is 0.231 e. The summed E-state index contributed by atoms with van der Waals surface area (Å²) in [6, 6.07) is 22.2. The van der Waals surface area contributed by atoms with Crippen LogP contribution in [0.15, 0.2) is 72.8 Å². The van der Waals surface area contributed by atoms with Gasteiger partial charge in [-0.25, -0.2) is 0 Å². The number of methoxy groups -OCH3 is 4. The number of rotatable bonds is 14. The van der Waals surface area contributed by atoms with E-state index in [9.17, 15) is 10.2 Å². The molecule has 1 fully saturated rings. The van der Waals surface area contributed by atoms with E-state index in [0.29, 0.717) is 57.1 Å². The molecule has 0 bridgehead atoms. The van der Waals surface area contributed by atoms with Crippen molar-refractivity contribution in [3.8, 4) is 46.0 Å². The summed E-state index contributed by atoms with van der Waals surface area (Å²) < 4.78 is 52.3. The van der Waals surface area contributed by atoms with Crippen molar-refractivity contribution in [3.63, 3.8) is 0 Å². The van der Waals surface area contributed by atoms with Crippen molar-refractivity contribution >= 4 is 0 Å². The van der Waals surface area contributed by atoms with Crippen LogP contribution in [0.4, 0.5) is 0 Å². The quantitative estimate of drug-likeness (QED) is 0.135. The summed E-state index contributed by atoms with van der Waals surface area (Å²) in [4.78, 5) is 0. The molecule has 0 saturated carbocycles. The second kappa shape index (κ2) is 15.8. The number of hydrogen-bond acceptors (Lipinski definition) is 11. The first kappa shape index (κ1) is 36.9. The van der Waals surface area contributed by atoms with E-state index in [-0.39, 0.29) is 30.8 Å². The van der Waals surface area contributed by atoms with Crippen LogP contribution in [0.3, 0.4) is 0 Å². The Hall–Kier alpha value is -4.84. The Labute approximate surface area is 304 Å². The Bertz CT molecular complexity index is 1840. The lowest BCUT2D eigenvalue weighted by Gasteiger charge is -2.24. The van der Waals surface area contributed by atoms with E-state index < -0.39 is 24.4 Å². The van der Waals surface area contributed by atoms with E-state index in [1.807, 2.05) is 43.3 Å². The fourth-order valence-corrected chi connectivity index (χ4v) is 6.84. The SMILES string of the molecule is COc1ccc([C@@H](O)[C@H](C)Oc2ccc([C@@H]3O[C@H](c4ccc(O[C@@H](C)[C@H](O)c5ccc6c(c5)OCO6)c(OC)c4)[C@H](C)[C@H]3C)cc2OC)cc1OC. The van der Waals surface area contributed by atoms with Gasteiger partial charge in [0.25, 0.3) is 0 Å². The van der Waals surface area contributed by atoms with Crippen LogP contribution in [0, 0.1) is 11.8 Å². The van der Waals surface area contributed by atoms with Crippen LogP contribution in [0.1, 0.15) is 74.4 Å². The van der Waals surface area contributed by atoms with Gasteiger partial charge in [-0.3, -0.25) is 0 Å². The number of aliphatic hydroxyl groups is 2. The molecule has 2 heterocycles. The zero-order valence-corrected chi connectivity index (χ0v) is 30.8. The third-order valence-electron chi connectivity index (χ3n) is 10.1. The Kier molecular flexibility index (Phi) is 11.2. The molecule has 11 nitrogen and oxygen atoms in total. The van der Waals surface area contributed by atoms with Gasteiger partial charge in [0.2, 0.25) is 6.79 Å². The van der Waals surface area contributed by atoms with E-state index in [1.54, 1.807) is 71.8 Å². The minimum atomic E-state index is -0.930. The topological polar surface area (TPSA) is 124 Å². The van der Waals surface area contributed by atoms with Crippen LogP contribution in [-0.2, 0) is 4.74 Å². The van der Waals surface area contributed by atoms with Crippen molar-refractivity contribution in [2.24, 2.45) is 11.8 Å². The lowest BCUT2D eigenvalue weighted by molar-refractivity contribution is 0.0281. The molecule has 0 unspecified atom stereocenters. The van der Waals surface area contributed by atoms with E-state index in [0.717, 1.165) is 11.1 Å². The minimum absolute atomic E-state index is 0.164. The minimum Gasteiger partial charge on any atom is -0.493 e. The maximum absolute atomic E-state index is 11.1. The highest BCUT2D eigenvalue weighted by atomic mass is 16.7. The van der Waals surface area contributed by atoms with Gasteiger partial charge >= 0.3 is 0 Å². The van der Waals surface area contributed by atoms with Gasteiger partial charge in [0.15, 0.2) is 46.0 Å². The highest BCUT2D eigenvalue weighted by Gasteiger charge is 2.41. The van der Waals surface area contributed by atoms with E-state index in [4.69, 9.17) is 42.6 Å². The van der Waals surface area contributed by atoms with Gasteiger partial charge in [-0.15, -0.1) is 0 Å². The van der Waals surface area contributed by atoms with Crippen LogP contribution in [0.2, 0.25) is 0 Å². The summed E-state index contributed by atoms with van der Waals surface area (Å²) in [6.45, 7) is 8.14. The highest BCUT2D eigenvalue weighted by molar-refractivity contribution is 5.48. The first-order chi connectivity index (χ1) is 25.1. The second-order valence-electron chi connectivity index (χ2n) is 13.3. The number of aliphatic hydroxyl groups excluding tert-OH is 2. The van der Waals surface area contributed by atoms with Crippen molar-refractivity contribution in [1.82, 2.24) is 0 Å². The molecule has 4 aromatic rings. The monoisotopic (exact) mass is 716 g/mol. The van der Waals surface area contributed by atoms with Crippen molar-refractivity contribution in [3.05, 3.63) is 95.1 Å². The summed E-state index contributed by atoms with van der Waals surface area (Å²) in [7, 11) is 6.31. The molecular weight excluding hydrogens is 668 g/mol. The predicted octanol–water partition coefficient (Wildman–Crippen LogP) is 7.54. The van der Waals surface area contributed by atoms with Crippen molar-refractivity contribution < 1.29 is 52.8 Å². The second-order valence-corrected chi connectivity index (χ2v) is 13.3. The molecule has 6 rings (SSSR count). The average molecular weight is 717 g/mol. The van der Waals surface area contributed by atoms with E-state index >= 15 is 0 Å². The normalized spacial score (nSPS) is 21.5. The van der Waals surface area contributed by atoms with Crippen molar-refractivity contribution in [2.75, 3.05) is 35.2 Å². The smallest absolute Gasteiger partial charge is 0.231 e. The molecule has 278 valence electrons. The molecule has 0 radical (unpaired) electrons. The number of hydrogen-bond donors (Lipinski definition) is 2. The summed E-state index contributed by atoms with van der Waals surface area (Å²) in [5, 5.41) is 22.2. The van der Waals surface area contributed by atoms with Gasteiger partial charge in [-0.2, -0.15) is 0 Å². The number of ether oxygens (including phenoxy) is 9. The van der Waals surface area contributed by atoms with Gasteiger partial charge < -0.3 is 52.8 Å². The molecule has 11 heteroatoms. The molecule has 2 N–H and O–H groups in total. The van der Waals surface area contributed by atoms with Gasteiger partial charge in [-0.05, 0) is 96.5 Å². The molecule has 0 amide bonds. The summed E-state index contributed by atoms with van der Waals surface area (Å²) >= 11 is 0. The summed E-state index contributed by atoms with van der Waals surface area (Å²) in [5.74, 6) is 4.80. The Balaban J connectivity index is 1.14. The fourth-order valence-electron chi connectivity index (χ4n) is 6.84. The van der Waals surface area contributed by atoms with Crippen LogP contribution in [-0.4, -0.2) is 57.7 Å². The van der Waals surface area contributed by atoms with Gasteiger partial charge in [0.05, 0.1) is 40.6 Å². The Morgan fingerprint density at radius 1 is 0.538 bits per heavy atom. The van der Waals surface area contributed by atoms with Gasteiger partial charge in [0.1, 0.15) is 24.4 Å². The molecule has 2 aliphatic heterocycles. The molecular formula is C41H48O11. The van der Waals surface area contributed by atoms with Crippen molar-refractivity contribution in [1.29, 1.82) is 0 Å². The lowest BCUT2D eigenvalue weighted by Crippen LogP contribution is -2.22. The summed E-state index contributed by atoms with van der Waals surface area (Å²) in [6.07, 6.45) is -3.43. The van der Waals surface area contributed by atoms with Gasteiger partial charge in [-0.1, -0.05) is 38.1 Å². The average Bonchev–Trinajstić information content (AvgIpc) is 3.77. The first-order valence-corrected chi connectivity index (χ1v) is 17.4. The van der Waals surface area contributed by atoms with E-state index in [1.165, 1.54) is 0 Å².